The lowest BCUT2D eigenvalue weighted by atomic mass is 10.1. The van der Waals surface area contributed by atoms with Crippen molar-refractivity contribution in [3.8, 4) is 5.75 Å². The van der Waals surface area contributed by atoms with E-state index in [9.17, 15) is 8.42 Å². The SMILES string of the molecule is COc1ccc(C[C@H]2CN(S(=O)(=O)c3cccs3)CCO2)cc1. The number of hydrogen-bond donors (Lipinski definition) is 0. The Labute approximate surface area is 140 Å². The number of sulfonamides is 1. The molecular weight excluding hydrogens is 334 g/mol. The lowest BCUT2D eigenvalue weighted by Gasteiger charge is -2.31. The van der Waals surface area contributed by atoms with Crippen LogP contribution < -0.4 is 4.74 Å². The third-order valence-corrected chi connectivity index (χ3v) is 7.05. The van der Waals surface area contributed by atoms with Crippen molar-refractivity contribution in [3.05, 3.63) is 47.3 Å². The van der Waals surface area contributed by atoms with Gasteiger partial charge in [0.05, 0.1) is 19.8 Å². The molecule has 2 aromatic rings. The molecule has 0 unspecified atom stereocenters. The van der Waals surface area contributed by atoms with Crippen LogP contribution in [0.3, 0.4) is 0 Å². The maximum atomic E-state index is 12.6. The van der Waals surface area contributed by atoms with Crippen LogP contribution in [-0.4, -0.2) is 45.6 Å². The van der Waals surface area contributed by atoms with Crippen LogP contribution in [0.5, 0.6) is 5.75 Å². The Balaban J connectivity index is 1.68. The molecule has 1 aromatic carbocycles. The molecule has 2 heterocycles. The summed E-state index contributed by atoms with van der Waals surface area (Å²) >= 11 is 1.25. The zero-order valence-electron chi connectivity index (χ0n) is 12.8. The van der Waals surface area contributed by atoms with Gasteiger partial charge in [-0.1, -0.05) is 18.2 Å². The van der Waals surface area contributed by atoms with Gasteiger partial charge in [0.15, 0.2) is 0 Å². The second kappa shape index (κ2) is 7.00. The average molecular weight is 353 g/mol. The van der Waals surface area contributed by atoms with Gasteiger partial charge in [0.2, 0.25) is 0 Å². The van der Waals surface area contributed by atoms with Crippen LogP contribution >= 0.6 is 11.3 Å². The van der Waals surface area contributed by atoms with Gasteiger partial charge in [-0.25, -0.2) is 8.42 Å². The van der Waals surface area contributed by atoms with E-state index in [-0.39, 0.29) is 6.10 Å². The minimum absolute atomic E-state index is 0.133. The van der Waals surface area contributed by atoms with Crippen LogP contribution in [0.4, 0.5) is 0 Å². The van der Waals surface area contributed by atoms with E-state index >= 15 is 0 Å². The average Bonchev–Trinajstić information content (AvgIpc) is 3.11. The zero-order valence-corrected chi connectivity index (χ0v) is 14.5. The number of morpholine rings is 1. The van der Waals surface area contributed by atoms with Crippen LogP contribution in [0.2, 0.25) is 0 Å². The molecule has 0 bridgehead atoms. The number of methoxy groups -OCH3 is 1. The maximum absolute atomic E-state index is 12.6. The van der Waals surface area contributed by atoms with E-state index < -0.39 is 10.0 Å². The summed E-state index contributed by atoms with van der Waals surface area (Å²) in [5.41, 5.74) is 1.10. The molecule has 0 amide bonds. The molecule has 1 atom stereocenters. The molecule has 124 valence electrons. The Kier molecular flexibility index (Phi) is 5.01. The van der Waals surface area contributed by atoms with Gasteiger partial charge in [-0.2, -0.15) is 4.31 Å². The number of ether oxygens (including phenoxy) is 2. The highest BCUT2D eigenvalue weighted by atomic mass is 32.2. The summed E-state index contributed by atoms with van der Waals surface area (Å²) in [6, 6.07) is 11.2. The van der Waals surface area contributed by atoms with Crippen LogP contribution in [-0.2, 0) is 21.2 Å². The van der Waals surface area contributed by atoms with E-state index in [0.29, 0.717) is 30.3 Å². The molecular formula is C16H19NO4S2. The molecule has 0 aliphatic carbocycles. The number of rotatable bonds is 5. The number of thiophene rings is 1. The molecule has 1 saturated heterocycles. The minimum Gasteiger partial charge on any atom is -0.497 e. The van der Waals surface area contributed by atoms with Crippen molar-refractivity contribution in [2.75, 3.05) is 26.8 Å². The van der Waals surface area contributed by atoms with Crippen molar-refractivity contribution < 1.29 is 17.9 Å². The minimum atomic E-state index is -3.40. The molecule has 1 fully saturated rings. The monoisotopic (exact) mass is 353 g/mol. The van der Waals surface area contributed by atoms with Gasteiger partial charge < -0.3 is 9.47 Å². The maximum Gasteiger partial charge on any atom is 0.252 e. The Morgan fingerprint density at radius 1 is 1.30 bits per heavy atom. The first kappa shape index (κ1) is 16.4. The number of hydrogen-bond acceptors (Lipinski definition) is 5. The smallest absolute Gasteiger partial charge is 0.252 e. The molecule has 3 rings (SSSR count). The third-order valence-electron chi connectivity index (χ3n) is 3.81. The fourth-order valence-electron chi connectivity index (χ4n) is 2.60. The van der Waals surface area contributed by atoms with E-state index in [0.717, 1.165) is 11.3 Å². The molecule has 0 spiro atoms. The van der Waals surface area contributed by atoms with Gasteiger partial charge in [-0.15, -0.1) is 11.3 Å². The largest absolute Gasteiger partial charge is 0.497 e. The highest BCUT2D eigenvalue weighted by Crippen LogP contribution is 2.24. The molecule has 7 heteroatoms. The summed E-state index contributed by atoms with van der Waals surface area (Å²) in [5, 5.41) is 1.78. The predicted molar refractivity (Wildman–Crippen MR) is 89.5 cm³/mol. The van der Waals surface area contributed by atoms with Crippen molar-refractivity contribution >= 4 is 21.4 Å². The number of benzene rings is 1. The van der Waals surface area contributed by atoms with Crippen molar-refractivity contribution in [2.45, 2.75) is 16.7 Å². The Bertz CT molecular complexity index is 726. The summed E-state index contributed by atoms with van der Waals surface area (Å²) in [6.45, 7) is 1.21. The summed E-state index contributed by atoms with van der Waals surface area (Å²) in [6.07, 6.45) is 0.548. The summed E-state index contributed by atoms with van der Waals surface area (Å²) < 4.78 is 38.0. The fraction of sp³-hybridized carbons (Fsp3) is 0.375. The van der Waals surface area contributed by atoms with Crippen molar-refractivity contribution in [1.29, 1.82) is 0 Å². The second-order valence-corrected chi connectivity index (χ2v) is 8.45. The van der Waals surface area contributed by atoms with Gasteiger partial charge in [-0.05, 0) is 35.6 Å². The molecule has 1 aliphatic rings. The van der Waals surface area contributed by atoms with Gasteiger partial charge in [0.1, 0.15) is 9.96 Å². The van der Waals surface area contributed by atoms with E-state index in [1.54, 1.807) is 24.6 Å². The molecule has 0 saturated carbocycles. The van der Waals surface area contributed by atoms with Gasteiger partial charge in [0.25, 0.3) is 10.0 Å². The first-order chi connectivity index (χ1) is 11.1. The van der Waals surface area contributed by atoms with Gasteiger partial charge in [-0.3, -0.25) is 0 Å². The Morgan fingerprint density at radius 2 is 2.09 bits per heavy atom. The van der Waals surface area contributed by atoms with Crippen molar-refractivity contribution in [1.82, 2.24) is 4.31 Å². The van der Waals surface area contributed by atoms with E-state index in [1.807, 2.05) is 24.3 Å². The Morgan fingerprint density at radius 3 is 2.74 bits per heavy atom. The molecule has 0 N–H and O–H groups in total. The molecule has 0 radical (unpaired) electrons. The Hall–Kier alpha value is -1.41. The molecule has 1 aromatic heterocycles. The topological polar surface area (TPSA) is 55.8 Å². The van der Waals surface area contributed by atoms with Crippen molar-refractivity contribution in [2.24, 2.45) is 0 Å². The first-order valence-corrected chi connectivity index (χ1v) is 9.70. The quantitative estimate of drug-likeness (QED) is 0.828. The first-order valence-electron chi connectivity index (χ1n) is 7.38. The summed E-state index contributed by atoms with van der Waals surface area (Å²) in [5.74, 6) is 0.806. The van der Waals surface area contributed by atoms with Crippen molar-refractivity contribution in [3.63, 3.8) is 0 Å². The standard InChI is InChI=1S/C16H19NO4S2/c1-20-14-6-4-13(5-7-14)11-15-12-17(8-9-21-15)23(18,19)16-3-2-10-22-16/h2-7,10,15H,8-9,11-12H2,1H3/t15-/m0/s1. The molecule has 23 heavy (non-hydrogen) atoms. The summed E-state index contributed by atoms with van der Waals surface area (Å²) in [4.78, 5) is 0. The highest BCUT2D eigenvalue weighted by molar-refractivity contribution is 7.91. The number of nitrogens with zero attached hydrogens (tertiary/aromatic N) is 1. The van der Waals surface area contributed by atoms with Crippen LogP contribution in [0, 0.1) is 0 Å². The molecule has 1 aliphatic heterocycles. The summed E-state index contributed by atoms with van der Waals surface area (Å²) in [7, 11) is -1.77. The van der Waals surface area contributed by atoms with Crippen LogP contribution in [0.1, 0.15) is 5.56 Å². The van der Waals surface area contributed by atoms with Gasteiger partial charge >= 0.3 is 0 Å². The lowest BCUT2D eigenvalue weighted by Crippen LogP contribution is -2.46. The van der Waals surface area contributed by atoms with Gasteiger partial charge in [0, 0.05) is 13.1 Å². The van der Waals surface area contributed by atoms with Crippen LogP contribution in [0.25, 0.3) is 0 Å². The normalized spacial score (nSPS) is 19.6. The highest BCUT2D eigenvalue weighted by Gasteiger charge is 2.31. The zero-order chi connectivity index (χ0) is 16.3. The second-order valence-electron chi connectivity index (χ2n) is 5.34. The van der Waals surface area contributed by atoms with E-state index in [2.05, 4.69) is 0 Å². The third kappa shape index (κ3) is 3.74. The fourth-order valence-corrected chi connectivity index (χ4v) is 5.20. The lowest BCUT2D eigenvalue weighted by molar-refractivity contribution is -0.000444. The van der Waals surface area contributed by atoms with E-state index in [1.165, 1.54) is 15.6 Å². The predicted octanol–water partition coefficient (Wildman–Crippen LogP) is 2.39. The van der Waals surface area contributed by atoms with E-state index in [4.69, 9.17) is 9.47 Å². The molecule has 5 nitrogen and oxygen atoms in total. The van der Waals surface area contributed by atoms with Crippen LogP contribution in [0.15, 0.2) is 46.0 Å².